The summed E-state index contributed by atoms with van der Waals surface area (Å²) in [5.41, 5.74) is 1.71. The number of anilines is 1. The van der Waals surface area contributed by atoms with E-state index in [1.54, 1.807) is 11.1 Å². The molecule has 4 aromatic rings. The van der Waals surface area contributed by atoms with Crippen molar-refractivity contribution in [3.05, 3.63) is 77.6 Å². The summed E-state index contributed by atoms with van der Waals surface area (Å²) in [5.74, 6) is 0.00327. The quantitative estimate of drug-likeness (QED) is 0.484. The molecule has 0 spiro atoms. The van der Waals surface area contributed by atoms with Gasteiger partial charge in [-0.3, -0.25) is 14.4 Å². The molecule has 7 heteroatoms. The van der Waals surface area contributed by atoms with Crippen molar-refractivity contribution in [2.24, 2.45) is 0 Å². The van der Waals surface area contributed by atoms with Crippen LogP contribution in [0.5, 0.6) is 0 Å². The Labute approximate surface area is 165 Å². The van der Waals surface area contributed by atoms with Crippen LogP contribution in [-0.4, -0.2) is 27.2 Å². The molecule has 0 aliphatic carbocycles. The van der Waals surface area contributed by atoms with Crippen molar-refractivity contribution < 1.29 is 4.79 Å². The number of aromatic nitrogens is 3. The normalized spacial score (nSPS) is 11.0. The first kappa shape index (κ1) is 17.7. The van der Waals surface area contributed by atoms with Crippen LogP contribution in [0.15, 0.2) is 67.0 Å². The van der Waals surface area contributed by atoms with E-state index in [0.717, 1.165) is 15.8 Å². The zero-order chi connectivity index (χ0) is 18.6. The van der Waals surface area contributed by atoms with E-state index in [0.29, 0.717) is 29.7 Å². The smallest absolute Gasteiger partial charge is 0.233 e. The molecule has 0 fully saturated rings. The van der Waals surface area contributed by atoms with Gasteiger partial charge in [-0.15, -0.1) is 0 Å². The lowest BCUT2D eigenvalue weighted by molar-refractivity contribution is -0.118. The zero-order valence-electron chi connectivity index (χ0n) is 14.5. The number of carbonyl (C=O) groups is 1. The van der Waals surface area contributed by atoms with Gasteiger partial charge in [0.05, 0.1) is 22.7 Å². The number of nitrogens with zero attached hydrogens (tertiary/aromatic N) is 4. The van der Waals surface area contributed by atoms with Crippen LogP contribution < -0.4 is 4.90 Å². The molecule has 27 heavy (non-hydrogen) atoms. The van der Waals surface area contributed by atoms with Crippen LogP contribution in [-0.2, 0) is 17.8 Å². The van der Waals surface area contributed by atoms with E-state index in [1.807, 2.05) is 65.5 Å². The maximum Gasteiger partial charge on any atom is 0.233 e. The first-order valence-corrected chi connectivity index (χ1v) is 9.77. The first-order chi connectivity index (χ1) is 13.2. The summed E-state index contributed by atoms with van der Waals surface area (Å²) >= 11 is 7.74. The minimum atomic E-state index is 0.00327. The van der Waals surface area contributed by atoms with Gasteiger partial charge >= 0.3 is 0 Å². The zero-order valence-corrected chi connectivity index (χ0v) is 16.0. The lowest BCUT2D eigenvalue weighted by Gasteiger charge is -2.20. The fourth-order valence-electron chi connectivity index (χ4n) is 2.85. The highest BCUT2D eigenvalue weighted by Gasteiger charge is 2.20. The Balaban J connectivity index is 1.63. The second-order valence-corrected chi connectivity index (χ2v) is 7.48. The predicted octanol–water partition coefficient (Wildman–Crippen LogP) is 4.42. The molecule has 0 N–H and O–H groups in total. The maximum absolute atomic E-state index is 13.1. The number of thiazole rings is 1. The summed E-state index contributed by atoms with van der Waals surface area (Å²) in [6.07, 6.45) is 3.94. The molecule has 0 unspecified atom stereocenters. The van der Waals surface area contributed by atoms with Crippen LogP contribution in [0.4, 0.5) is 5.13 Å². The van der Waals surface area contributed by atoms with Crippen molar-refractivity contribution in [3.8, 4) is 0 Å². The molecule has 136 valence electrons. The molecule has 0 saturated carbocycles. The van der Waals surface area contributed by atoms with E-state index < -0.39 is 0 Å². The molecule has 0 bridgehead atoms. The number of hydrogen-bond donors (Lipinski definition) is 0. The Morgan fingerprint density at radius 2 is 1.96 bits per heavy atom. The molecule has 4 rings (SSSR count). The van der Waals surface area contributed by atoms with E-state index in [1.165, 1.54) is 11.3 Å². The van der Waals surface area contributed by atoms with Gasteiger partial charge < -0.3 is 0 Å². The van der Waals surface area contributed by atoms with E-state index in [2.05, 4.69) is 10.1 Å². The van der Waals surface area contributed by atoms with Gasteiger partial charge in [-0.25, -0.2) is 4.98 Å². The molecule has 2 aromatic heterocycles. The second-order valence-electron chi connectivity index (χ2n) is 6.06. The molecule has 0 aliphatic rings. The molecule has 0 aliphatic heterocycles. The lowest BCUT2D eigenvalue weighted by Crippen LogP contribution is -2.35. The van der Waals surface area contributed by atoms with E-state index >= 15 is 0 Å². The first-order valence-electron chi connectivity index (χ1n) is 8.57. The summed E-state index contributed by atoms with van der Waals surface area (Å²) in [4.78, 5) is 19.4. The molecular weight excluding hydrogens is 380 g/mol. The fraction of sp³-hybridized carbons (Fsp3) is 0.150. The van der Waals surface area contributed by atoms with E-state index in [9.17, 15) is 4.79 Å². The Morgan fingerprint density at radius 1 is 1.11 bits per heavy atom. The number of halogens is 1. The van der Waals surface area contributed by atoms with Gasteiger partial charge in [-0.2, -0.15) is 5.10 Å². The average Bonchev–Trinajstić information content (AvgIpc) is 3.33. The topological polar surface area (TPSA) is 51.0 Å². The summed E-state index contributed by atoms with van der Waals surface area (Å²) in [5, 5.41) is 5.48. The molecule has 2 aromatic carbocycles. The van der Waals surface area contributed by atoms with Crippen molar-refractivity contribution >= 4 is 44.2 Å². The van der Waals surface area contributed by atoms with Crippen LogP contribution in [0.25, 0.3) is 10.2 Å². The number of amides is 1. The van der Waals surface area contributed by atoms with Crippen molar-refractivity contribution in [1.29, 1.82) is 0 Å². The van der Waals surface area contributed by atoms with Crippen LogP contribution >= 0.6 is 22.9 Å². The molecule has 0 radical (unpaired) electrons. The minimum absolute atomic E-state index is 0.00327. The SMILES string of the molecule is O=C(Cc1ccccc1)N(CCn1cccn1)c1nc2c(Cl)cccc2s1. The van der Waals surface area contributed by atoms with Crippen molar-refractivity contribution in [1.82, 2.24) is 14.8 Å². The largest absolute Gasteiger partial charge is 0.286 e. The average molecular weight is 397 g/mol. The van der Waals surface area contributed by atoms with Gasteiger partial charge in [-0.05, 0) is 23.8 Å². The molecular formula is C20H17ClN4OS. The summed E-state index contributed by atoms with van der Waals surface area (Å²) in [6.45, 7) is 1.09. The highest BCUT2D eigenvalue weighted by atomic mass is 35.5. The summed E-state index contributed by atoms with van der Waals surface area (Å²) < 4.78 is 2.78. The molecule has 0 atom stereocenters. The predicted molar refractivity (Wildman–Crippen MR) is 109 cm³/mol. The van der Waals surface area contributed by atoms with Gasteiger partial charge in [-0.1, -0.05) is 59.3 Å². The fourth-order valence-corrected chi connectivity index (χ4v) is 4.16. The van der Waals surface area contributed by atoms with Crippen molar-refractivity contribution in [3.63, 3.8) is 0 Å². The third-order valence-corrected chi connectivity index (χ3v) is 5.55. The van der Waals surface area contributed by atoms with Gasteiger partial charge in [0.1, 0.15) is 5.52 Å². The lowest BCUT2D eigenvalue weighted by atomic mass is 10.1. The maximum atomic E-state index is 13.1. The standard InChI is InChI=1S/C20H17ClN4OS/c21-16-8-4-9-17-19(16)23-20(27-17)25(13-12-24-11-5-10-22-24)18(26)14-15-6-2-1-3-7-15/h1-11H,12-14H2. The van der Waals surface area contributed by atoms with Crippen molar-refractivity contribution in [2.45, 2.75) is 13.0 Å². The molecule has 0 saturated heterocycles. The number of fused-ring (bicyclic) bond motifs is 1. The highest BCUT2D eigenvalue weighted by molar-refractivity contribution is 7.22. The summed E-state index contributed by atoms with van der Waals surface area (Å²) in [6, 6.07) is 17.3. The van der Waals surface area contributed by atoms with Gasteiger partial charge in [0.25, 0.3) is 0 Å². The van der Waals surface area contributed by atoms with Crippen LogP contribution in [0.3, 0.4) is 0 Å². The third-order valence-electron chi connectivity index (χ3n) is 4.20. The van der Waals surface area contributed by atoms with Gasteiger partial charge in [0.15, 0.2) is 5.13 Å². The van der Waals surface area contributed by atoms with E-state index in [-0.39, 0.29) is 5.91 Å². The number of hydrogen-bond acceptors (Lipinski definition) is 4. The highest BCUT2D eigenvalue weighted by Crippen LogP contribution is 2.33. The minimum Gasteiger partial charge on any atom is -0.286 e. The summed E-state index contributed by atoms with van der Waals surface area (Å²) in [7, 11) is 0. The Kier molecular flexibility index (Phi) is 5.18. The van der Waals surface area contributed by atoms with Crippen molar-refractivity contribution in [2.75, 3.05) is 11.4 Å². The van der Waals surface area contributed by atoms with Crippen LogP contribution in [0.2, 0.25) is 5.02 Å². The number of benzene rings is 2. The Hall–Kier alpha value is -2.70. The number of carbonyl (C=O) groups excluding carboxylic acids is 1. The van der Waals surface area contributed by atoms with Gasteiger partial charge in [0, 0.05) is 18.9 Å². The Bertz CT molecular complexity index is 1050. The monoisotopic (exact) mass is 396 g/mol. The van der Waals surface area contributed by atoms with Crippen LogP contribution in [0, 0.1) is 0 Å². The number of para-hydroxylation sites is 1. The third kappa shape index (κ3) is 4.02. The van der Waals surface area contributed by atoms with Crippen LogP contribution in [0.1, 0.15) is 5.56 Å². The Morgan fingerprint density at radius 3 is 2.70 bits per heavy atom. The molecule has 5 nitrogen and oxygen atoms in total. The number of rotatable bonds is 6. The second kappa shape index (κ2) is 7.90. The van der Waals surface area contributed by atoms with Gasteiger partial charge in [0.2, 0.25) is 5.91 Å². The molecule has 1 amide bonds. The van der Waals surface area contributed by atoms with E-state index in [4.69, 9.17) is 11.6 Å². The molecule has 2 heterocycles.